The number of hydrogen-bond donors (Lipinski definition) is 1. The molecule has 3 aromatic rings. The summed E-state index contributed by atoms with van der Waals surface area (Å²) in [6.45, 7) is 1.30. The highest BCUT2D eigenvalue weighted by molar-refractivity contribution is 6.30. The molecule has 0 spiro atoms. The minimum Gasteiger partial charge on any atom is -0.340 e. The third-order valence-corrected chi connectivity index (χ3v) is 4.79. The molecular formula is C18H17ClFN5O. The molecule has 1 amide bonds. The Morgan fingerprint density at radius 1 is 1.27 bits per heavy atom. The first kappa shape index (κ1) is 16.8. The van der Waals surface area contributed by atoms with E-state index in [0.717, 1.165) is 25.0 Å². The van der Waals surface area contributed by atoms with Crippen molar-refractivity contribution in [2.75, 3.05) is 23.3 Å². The maximum absolute atomic E-state index is 13.9. The molecule has 3 heterocycles. The van der Waals surface area contributed by atoms with Crippen molar-refractivity contribution in [3.63, 3.8) is 0 Å². The second-order valence-corrected chi connectivity index (χ2v) is 6.76. The van der Waals surface area contributed by atoms with Crippen LogP contribution in [0.15, 0.2) is 42.6 Å². The lowest BCUT2D eigenvalue weighted by Gasteiger charge is -2.32. The van der Waals surface area contributed by atoms with Gasteiger partial charge in [0.25, 0.3) is 0 Å². The van der Waals surface area contributed by atoms with Crippen LogP contribution in [-0.4, -0.2) is 33.6 Å². The number of carbonyl (C=O) groups excluding carboxylic acids is 1. The summed E-state index contributed by atoms with van der Waals surface area (Å²) in [6.07, 6.45) is 3.48. The lowest BCUT2D eigenvalue weighted by Crippen LogP contribution is -2.41. The van der Waals surface area contributed by atoms with Crippen LogP contribution >= 0.6 is 11.6 Å². The molecule has 26 heavy (non-hydrogen) atoms. The van der Waals surface area contributed by atoms with E-state index in [1.807, 2.05) is 33.7 Å². The number of benzene rings is 1. The number of rotatable bonds is 3. The summed E-state index contributed by atoms with van der Waals surface area (Å²) in [6, 6.07) is 9.81. The van der Waals surface area contributed by atoms with Gasteiger partial charge in [-0.05, 0) is 43.2 Å². The van der Waals surface area contributed by atoms with E-state index in [2.05, 4.69) is 15.5 Å². The van der Waals surface area contributed by atoms with Gasteiger partial charge in [0.1, 0.15) is 5.82 Å². The Hall–Kier alpha value is -2.67. The van der Waals surface area contributed by atoms with Gasteiger partial charge in [-0.1, -0.05) is 17.7 Å². The molecule has 4 rings (SSSR count). The smallest absolute Gasteiger partial charge is 0.231 e. The number of aromatic nitrogens is 3. The molecule has 1 saturated heterocycles. The van der Waals surface area contributed by atoms with Crippen LogP contribution in [0.25, 0.3) is 5.65 Å². The monoisotopic (exact) mass is 373 g/mol. The predicted octanol–water partition coefficient (Wildman–Crippen LogP) is 3.38. The largest absolute Gasteiger partial charge is 0.340 e. The maximum atomic E-state index is 13.9. The van der Waals surface area contributed by atoms with E-state index in [1.165, 1.54) is 18.2 Å². The molecule has 1 aromatic carbocycles. The third-order valence-electron chi connectivity index (χ3n) is 4.56. The molecule has 0 saturated carbocycles. The third kappa shape index (κ3) is 3.22. The van der Waals surface area contributed by atoms with Crippen molar-refractivity contribution in [2.45, 2.75) is 12.8 Å². The summed E-state index contributed by atoms with van der Waals surface area (Å²) in [5, 5.41) is 11.4. The number of halogens is 2. The summed E-state index contributed by atoms with van der Waals surface area (Å²) < 4.78 is 15.8. The highest BCUT2D eigenvalue weighted by Crippen LogP contribution is 2.25. The molecule has 1 atom stereocenters. The second-order valence-electron chi connectivity index (χ2n) is 6.33. The molecule has 0 bridgehead atoms. The van der Waals surface area contributed by atoms with Gasteiger partial charge < -0.3 is 10.2 Å². The summed E-state index contributed by atoms with van der Waals surface area (Å²) in [5.74, 6) is -0.270. The zero-order chi connectivity index (χ0) is 18.1. The van der Waals surface area contributed by atoms with Crippen molar-refractivity contribution in [2.24, 2.45) is 5.92 Å². The molecule has 1 fully saturated rings. The van der Waals surface area contributed by atoms with Crippen molar-refractivity contribution >= 4 is 34.8 Å². The van der Waals surface area contributed by atoms with Crippen molar-refractivity contribution < 1.29 is 9.18 Å². The normalized spacial score (nSPS) is 17.5. The number of nitrogens with one attached hydrogen (secondary N) is 1. The first-order valence-corrected chi connectivity index (χ1v) is 8.80. The second kappa shape index (κ2) is 6.92. The number of amides is 1. The standard InChI is InChI=1S/C18H17ClFN5O/c19-13-6-7-14(20)15(10-13)21-17(26)12-4-3-8-24(11-12)18-23-22-16-5-1-2-9-25(16)18/h1-2,5-7,9-10,12H,3-4,8,11H2,(H,21,26)/t12-/m0/s1. The molecule has 1 aliphatic rings. The van der Waals surface area contributed by atoms with E-state index in [1.54, 1.807) is 0 Å². The topological polar surface area (TPSA) is 62.5 Å². The maximum Gasteiger partial charge on any atom is 0.231 e. The molecule has 1 aliphatic heterocycles. The van der Waals surface area contributed by atoms with Crippen LogP contribution in [0, 0.1) is 11.7 Å². The van der Waals surface area contributed by atoms with Gasteiger partial charge in [0.15, 0.2) is 5.65 Å². The van der Waals surface area contributed by atoms with Gasteiger partial charge in [0, 0.05) is 24.3 Å². The van der Waals surface area contributed by atoms with E-state index in [4.69, 9.17) is 11.6 Å². The van der Waals surface area contributed by atoms with E-state index in [9.17, 15) is 9.18 Å². The van der Waals surface area contributed by atoms with E-state index in [-0.39, 0.29) is 17.5 Å². The van der Waals surface area contributed by atoms with E-state index in [0.29, 0.717) is 17.5 Å². The van der Waals surface area contributed by atoms with Crippen molar-refractivity contribution in [1.29, 1.82) is 0 Å². The number of anilines is 2. The van der Waals surface area contributed by atoms with Gasteiger partial charge >= 0.3 is 0 Å². The van der Waals surface area contributed by atoms with Crippen LogP contribution in [0.3, 0.4) is 0 Å². The predicted molar refractivity (Wildman–Crippen MR) is 98.0 cm³/mol. The van der Waals surface area contributed by atoms with E-state index >= 15 is 0 Å². The quantitative estimate of drug-likeness (QED) is 0.764. The van der Waals surface area contributed by atoms with Gasteiger partial charge in [-0.2, -0.15) is 0 Å². The zero-order valence-corrected chi connectivity index (χ0v) is 14.7. The van der Waals surface area contributed by atoms with Crippen LogP contribution in [-0.2, 0) is 4.79 Å². The van der Waals surface area contributed by atoms with Crippen LogP contribution in [0.4, 0.5) is 16.0 Å². The minimum absolute atomic E-state index is 0.104. The summed E-state index contributed by atoms with van der Waals surface area (Å²) in [5.41, 5.74) is 0.864. The summed E-state index contributed by atoms with van der Waals surface area (Å²) in [4.78, 5) is 14.7. The van der Waals surface area contributed by atoms with Gasteiger partial charge in [0.2, 0.25) is 11.9 Å². The highest BCUT2D eigenvalue weighted by Gasteiger charge is 2.28. The SMILES string of the molecule is O=C(Nc1cc(Cl)ccc1F)[C@H]1CCCN(c2nnc3ccccn23)C1. The fourth-order valence-corrected chi connectivity index (χ4v) is 3.42. The Balaban J connectivity index is 1.51. The van der Waals surface area contributed by atoms with E-state index < -0.39 is 5.82 Å². The molecular weight excluding hydrogens is 357 g/mol. The Morgan fingerprint density at radius 3 is 3.04 bits per heavy atom. The van der Waals surface area contributed by atoms with Gasteiger partial charge in [-0.3, -0.25) is 9.20 Å². The average molecular weight is 374 g/mol. The number of piperidine rings is 1. The Labute approximate surface area is 154 Å². The van der Waals surface area contributed by atoms with Crippen molar-refractivity contribution in [1.82, 2.24) is 14.6 Å². The number of nitrogens with zero attached hydrogens (tertiary/aromatic N) is 4. The van der Waals surface area contributed by atoms with Gasteiger partial charge in [-0.25, -0.2) is 4.39 Å². The fourth-order valence-electron chi connectivity index (χ4n) is 3.25. The number of hydrogen-bond acceptors (Lipinski definition) is 4. The van der Waals surface area contributed by atoms with Crippen LogP contribution < -0.4 is 10.2 Å². The number of fused-ring (bicyclic) bond motifs is 1. The molecule has 6 nitrogen and oxygen atoms in total. The van der Waals surface area contributed by atoms with Gasteiger partial charge in [0.05, 0.1) is 11.6 Å². The number of pyridine rings is 1. The minimum atomic E-state index is -0.501. The Kier molecular flexibility index (Phi) is 4.46. The van der Waals surface area contributed by atoms with Gasteiger partial charge in [-0.15, -0.1) is 10.2 Å². The highest BCUT2D eigenvalue weighted by atomic mass is 35.5. The van der Waals surface area contributed by atoms with Crippen LogP contribution in [0.5, 0.6) is 0 Å². The molecule has 0 unspecified atom stereocenters. The molecule has 0 aliphatic carbocycles. The lowest BCUT2D eigenvalue weighted by atomic mass is 9.97. The van der Waals surface area contributed by atoms with Crippen molar-refractivity contribution in [3.8, 4) is 0 Å². The molecule has 1 N–H and O–H groups in total. The van der Waals surface area contributed by atoms with Crippen LogP contribution in [0.1, 0.15) is 12.8 Å². The first-order chi connectivity index (χ1) is 12.6. The molecule has 8 heteroatoms. The summed E-state index contributed by atoms with van der Waals surface area (Å²) >= 11 is 5.89. The molecule has 2 aromatic heterocycles. The number of carbonyl (C=O) groups is 1. The fraction of sp³-hybridized carbons (Fsp3) is 0.278. The van der Waals surface area contributed by atoms with Crippen molar-refractivity contribution in [3.05, 3.63) is 53.4 Å². The Morgan fingerprint density at radius 2 is 2.15 bits per heavy atom. The zero-order valence-electron chi connectivity index (χ0n) is 13.9. The Bertz CT molecular complexity index is 960. The average Bonchev–Trinajstić information content (AvgIpc) is 3.09. The first-order valence-electron chi connectivity index (χ1n) is 8.42. The van der Waals surface area contributed by atoms with Crippen LogP contribution in [0.2, 0.25) is 5.02 Å². The molecule has 134 valence electrons. The summed E-state index contributed by atoms with van der Waals surface area (Å²) in [7, 11) is 0. The molecule has 0 radical (unpaired) electrons. The lowest BCUT2D eigenvalue weighted by molar-refractivity contribution is -0.120.